The molecule has 3 heterocycles. The fourth-order valence-corrected chi connectivity index (χ4v) is 4.61. The second-order valence-corrected chi connectivity index (χ2v) is 8.89. The molecule has 1 fully saturated rings. The van der Waals surface area contributed by atoms with Crippen molar-refractivity contribution in [2.45, 2.75) is 26.3 Å². The molecule has 1 N–H and O–H groups in total. The molecule has 9 nitrogen and oxygen atoms in total. The maximum Gasteiger partial charge on any atom is 0.261 e. The first-order chi connectivity index (χ1) is 16.4. The molecule has 5 rings (SSSR count). The Bertz CT molecular complexity index is 1420. The first-order valence-corrected chi connectivity index (χ1v) is 11.5. The van der Waals surface area contributed by atoms with E-state index < -0.39 is 0 Å². The number of carbonyl (C=O) groups excluding carboxylic acids is 1. The van der Waals surface area contributed by atoms with E-state index in [0.29, 0.717) is 52.8 Å². The van der Waals surface area contributed by atoms with Gasteiger partial charge in [-0.25, -0.2) is 4.98 Å². The summed E-state index contributed by atoms with van der Waals surface area (Å²) in [6.45, 7) is 5.67. The van der Waals surface area contributed by atoms with Gasteiger partial charge in [-0.15, -0.1) is 0 Å². The monoisotopic (exact) mass is 477 g/mol. The van der Waals surface area contributed by atoms with Crippen molar-refractivity contribution < 1.29 is 4.79 Å². The normalized spacial score (nSPS) is 16.6. The summed E-state index contributed by atoms with van der Waals surface area (Å²) in [4.78, 5) is 39.2. The van der Waals surface area contributed by atoms with Crippen LogP contribution in [-0.4, -0.2) is 61.4 Å². The number of aromatic nitrogens is 5. The third-order valence-electron chi connectivity index (χ3n) is 6.21. The SMILES string of the molecule is Cc1ccc(-n2nccn2)c(C(=O)N2CCN(c3nc4cccc(Cl)c4c(=O)[nH]3)CCC2C)c1. The van der Waals surface area contributed by atoms with Crippen LogP contribution in [0.1, 0.15) is 29.3 Å². The molecule has 0 saturated carbocycles. The molecule has 2 aromatic carbocycles. The molecule has 0 bridgehead atoms. The van der Waals surface area contributed by atoms with Gasteiger partial charge in [0, 0.05) is 25.7 Å². The van der Waals surface area contributed by atoms with Gasteiger partial charge in [0.25, 0.3) is 11.5 Å². The molecule has 0 spiro atoms. The number of halogens is 1. The molecule has 0 aliphatic carbocycles. The Morgan fingerprint density at radius 1 is 1.12 bits per heavy atom. The third kappa shape index (κ3) is 4.03. The fraction of sp³-hybridized carbons (Fsp3) is 0.292. The largest absolute Gasteiger partial charge is 0.340 e. The van der Waals surface area contributed by atoms with Gasteiger partial charge in [0.2, 0.25) is 5.95 Å². The van der Waals surface area contributed by atoms with Crippen LogP contribution in [0.4, 0.5) is 5.95 Å². The maximum absolute atomic E-state index is 13.7. The van der Waals surface area contributed by atoms with Crippen LogP contribution in [0, 0.1) is 6.92 Å². The van der Waals surface area contributed by atoms with E-state index in [-0.39, 0.29) is 17.5 Å². The van der Waals surface area contributed by atoms with Gasteiger partial charge in [0.15, 0.2) is 0 Å². The van der Waals surface area contributed by atoms with E-state index in [9.17, 15) is 9.59 Å². The molecule has 1 unspecified atom stereocenters. The Labute approximate surface area is 201 Å². The number of aromatic amines is 1. The maximum atomic E-state index is 13.7. The first kappa shape index (κ1) is 22.1. The van der Waals surface area contributed by atoms with Crippen LogP contribution >= 0.6 is 11.6 Å². The molecule has 1 saturated heterocycles. The van der Waals surface area contributed by atoms with E-state index >= 15 is 0 Å². The summed E-state index contributed by atoms with van der Waals surface area (Å²) in [5.41, 5.74) is 2.47. The number of fused-ring (bicyclic) bond motifs is 1. The van der Waals surface area contributed by atoms with Gasteiger partial charge in [-0.05, 0) is 44.5 Å². The zero-order chi connectivity index (χ0) is 23.8. The lowest BCUT2D eigenvalue weighted by molar-refractivity contribution is 0.0704. The Kier molecular flexibility index (Phi) is 5.79. The average Bonchev–Trinajstić information content (AvgIpc) is 3.28. The van der Waals surface area contributed by atoms with E-state index in [2.05, 4.69) is 20.2 Å². The summed E-state index contributed by atoms with van der Waals surface area (Å²) in [7, 11) is 0. The number of hydrogen-bond acceptors (Lipinski definition) is 6. The van der Waals surface area contributed by atoms with Crippen LogP contribution in [0.2, 0.25) is 5.02 Å². The molecule has 1 amide bonds. The van der Waals surface area contributed by atoms with E-state index in [1.54, 1.807) is 30.6 Å². The van der Waals surface area contributed by atoms with Crippen molar-refractivity contribution in [1.82, 2.24) is 29.9 Å². The van der Waals surface area contributed by atoms with Crippen molar-refractivity contribution in [2.24, 2.45) is 0 Å². The third-order valence-corrected chi connectivity index (χ3v) is 6.52. The number of hydrogen-bond donors (Lipinski definition) is 1. The highest BCUT2D eigenvalue weighted by molar-refractivity contribution is 6.35. The van der Waals surface area contributed by atoms with Gasteiger partial charge in [0.05, 0.1) is 39.6 Å². The predicted octanol–water partition coefficient (Wildman–Crippen LogP) is 3.21. The second kappa shape index (κ2) is 8.90. The fourth-order valence-electron chi connectivity index (χ4n) is 4.35. The smallest absolute Gasteiger partial charge is 0.261 e. The van der Waals surface area contributed by atoms with Crippen LogP contribution in [0.3, 0.4) is 0 Å². The topological polar surface area (TPSA) is 100 Å². The predicted molar refractivity (Wildman–Crippen MR) is 131 cm³/mol. The Morgan fingerprint density at radius 2 is 1.91 bits per heavy atom. The quantitative estimate of drug-likeness (QED) is 0.486. The van der Waals surface area contributed by atoms with E-state index in [4.69, 9.17) is 11.6 Å². The number of rotatable bonds is 3. The summed E-state index contributed by atoms with van der Waals surface area (Å²) in [6.07, 6.45) is 3.90. The summed E-state index contributed by atoms with van der Waals surface area (Å²) in [6, 6.07) is 10.9. The van der Waals surface area contributed by atoms with Gasteiger partial charge in [-0.2, -0.15) is 15.0 Å². The van der Waals surface area contributed by atoms with Crippen LogP contribution in [0.15, 0.2) is 53.6 Å². The number of nitrogens with zero attached hydrogens (tertiary/aromatic N) is 6. The Balaban J connectivity index is 1.43. The van der Waals surface area contributed by atoms with Crippen molar-refractivity contribution in [2.75, 3.05) is 24.5 Å². The Morgan fingerprint density at radius 3 is 2.71 bits per heavy atom. The number of amides is 1. The van der Waals surface area contributed by atoms with Crippen LogP contribution < -0.4 is 10.5 Å². The number of anilines is 1. The molecule has 34 heavy (non-hydrogen) atoms. The molecular formula is C24H24ClN7O2. The summed E-state index contributed by atoms with van der Waals surface area (Å²) in [5.74, 6) is 0.412. The van der Waals surface area contributed by atoms with Crippen molar-refractivity contribution in [1.29, 1.82) is 0 Å². The van der Waals surface area contributed by atoms with Gasteiger partial charge < -0.3 is 9.80 Å². The highest BCUT2D eigenvalue weighted by Crippen LogP contribution is 2.23. The van der Waals surface area contributed by atoms with Gasteiger partial charge >= 0.3 is 0 Å². The van der Waals surface area contributed by atoms with E-state index in [1.807, 2.05) is 41.8 Å². The van der Waals surface area contributed by atoms with Crippen molar-refractivity contribution >= 4 is 34.4 Å². The standard InChI is InChI=1S/C24H24ClN7O2/c1-15-6-7-20(32-26-9-10-27-32)17(14-15)23(34)31-13-12-30(11-8-16(31)2)24-28-19-5-3-4-18(25)21(19)22(33)29-24/h3-7,9-10,14,16H,8,11-13H2,1-2H3,(H,28,29,33). The zero-order valence-corrected chi connectivity index (χ0v) is 19.7. The molecule has 1 aliphatic rings. The molecule has 2 aromatic heterocycles. The van der Waals surface area contributed by atoms with Crippen LogP contribution in [-0.2, 0) is 0 Å². The molecule has 4 aromatic rings. The number of H-pyrrole nitrogens is 1. The van der Waals surface area contributed by atoms with Gasteiger partial charge in [-0.3, -0.25) is 14.6 Å². The summed E-state index contributed by atoms with van der Waals surface area (Å²) < 4.78 is 0. The van der Waals surface area contributed by atoms with E-state index in [0.717, 1.165) is 12.0 Å². The first-order valence-electron chi connectivity index (χ1n) is 11.1. The minimum Gasteiger partial charge on any atom is -0.340 e. The average molecular weight is 478 g/mol. The van der Waals surface area contributed by atoms with Crippen LogP contribution in [0.25, 0.3) is 16.6 Å². The van der Waals surface area contributed by atoms with Crippen molar-refractivity contribution in [3.05, 3.63) is 75.3 Å². The van der Waals surface area contributed by atoms with Crippen molar-refractivity contribution in [3.8, 4) is 5.69 Å². The Hall–Kier alpha value is -3.72. The lowest BCUT2D eigenvalue weighted by Gasteiger charge is -2.27. The molecular weight excluding hydrogens is 454 g/mol. The molecule has 1 aliphatic heterocycles. The highest BCUT2D eigenvalue weighted by atomic mass is 35.5. The summed E-state index contributed by atoms with van der Waals surface area (Å²) >= 11 is 6.19. The molecule has 0 radical (unpaired) electrons. The second-order valence-electron chi connectivity index (χ2n) is 8.49. The van der Waals surface area contributed by atoms with Gasteiger partial charge in [-0.1, -0.05) is 29.3 Å². The van der Waals surface area contributed by atoms with Crippen LogP contribution in [0.5, 0.6) is 0 Å². The zero-order valence-electron chi connectivity index (χ0n) is 18.9. The number of aryl methyl sites for hydroxylation is 1. The van der Waals surface area contributed by atoms with E-state index in [1.165, 1.54) is 4.80 Å². The lowest BCUT2D eigenvalue weighted by atomic mass is 10.1. The minimum absolute atomic E-state index is 0.00179. The van der Waals surface area contributed by atoms with Gasteiger partial charge in [0.1, 0.15) is 0 Å². The minimum atomic E-state index is -0.271. The molecule has 174 valence electrons. The lowest BCUT2D eigenvalue weighted by Crippen LogP contribution is -2.40. The molecule has 10 heteroatoms. The highest BCUT2D eigenvalue weighted by Gasteiger charge is 2.28. The molecule has 1 atom stereocenters. The number of carbonyl (C=O) groups is 1. The number of nitrogens with one attached hydrogen (secondary N) is 1. The number of benzene rings is 2. The summed E-state index contributed by atoms with van der Waals surface area (Å²) in [5, 5.41) is 9.17. The van der Waals surface area contributed by atoms with Crippen molar-refractivity contribution in [3.63, 3.8) is 0 Å².